The number of likely N-dealkylation sites (tertiary alicyclic amines) is 1. The average Bonchev–Trinajstić information content (AvgIpc) is 2.84. The lowest BCUT2D eigenvalue weighted by Gasteiger charge is -2.30. The van der Waals surface area contributed by atoms with Crippen LogP contribution in [0.2, 0.25) is 0 Å². The predicted molar refractivity (Wildman–Crippen MR) is 61.6 cm³/mol. The van der Waals surface area contributed by atoms with Crippen molar-refractivity contribution in [3.63, 3.8) is 0 Å². The molecule has 1 fully saturated rings. The lowest BCUT2D eigenvalue weighted by Crippen LogP contribution is -2.40. The number of aromatic nitrogens is 3. The molecule has 0 N–H and O–H groups in total. The van der Waals surface area contributed by atoms with E-state index in [1.165, 1.54) is 11.8 Å². The van der Waals surface area contributed by atoms with E-state index in [9.17, 15) is 9.59 Å². The number of carbonyl (C=O) groups is 2. The lowest BCUT2D eigenvalue weighted by molar-refractivity contribution is -0.146. The van der Waals surface area contributed by atoms with E-state index in [1.54, 1.807) is 18.1 Å². The van der Waals surface area contributed by atoms with Gasteiger partial charge in [-0.2, -0.15) is 0 Å². The van der Waals surface area contributed by atoms with Crippen molar-refractivity contribution in [2.45, 2.75) is 12.8 Å². The zero-order valence-electron chi connectivity index (χ0n) is 10.5. The molecule has 0 atom stereocenters. The molecule has 0 aromatic carbocycles. The van der Waals surface area contributed by atoms with Crippen molar-refractivity contribution in [3.05, 3.63) is 11.9 Å². The Labute approximate surface area is 105 Å². The first-order chi connectivity index (χ1) is 8.61. The molecule has 7 heteroatoms. The van der Waals surface area contributed by atoms with Gasteiger partial charge < -0.3 is 9.64 Å². The number of amides is 1. The maximum absolute atomic E-state index is 12.1. The third-order valence-electron chi connectivity index (χ3n) is 3.14. The summed E-state index contributed by atoms with van der Waals surface area (Å²) in [4.78, 5) is 25.1. The van der Waals surface area contributed by atoms with E-state index in [1.807, 2.05) is 0 Å². The summed E-state index contributed by atoms with van der Waals surface area (Å²) in [6, 6.07) is 0. The molecule has 18 heavy (non-hydrogen) atoms. The van der Waals surface area contributed by atoms with Gasteiger partial charge in [0.15, 0.2) is 5.69 Å². The van der Waals surface area contributed by atoms with E-state index in [0.717, 1.165) is 0 Å². The zero-order valence-corrected chi connectivity index (χ0v) is 10.5. The Morgan fingerprint density at radius 2 is 2.06 bits per heavy atom. The number of esters is 1. The fourth-order valence-corrected chi connectivity index (χ4v) is 2.09. The number of aryl methyl sites for hydroxylation is 1. The molecule has 0 spiro atoms. The molecule has 2 rings (SSSR count). The Morgan fingerprint density at radius 3 is 2.56 bits per heavy atom. The average molecular weight is 252 g/mol. The summed E-state index contributed by atoms with van der Waals surface area (Å²) >= 11 is 0. The SMILES string of the molecule is COC(=O)C1CCN(C(=O)c2cn(C)nn2)CC1. The molecule has 0 radical (unpaired) electrons. The number of nitrogens with zero attached hydrogens (tertiary/aromatic N) is 4. The third kappa shape index (κ3) is 2.49. The Kier molecular flexibility index (Phi) is 3.59. The van der Waals surface area contributed by atoms with Crippen LogP contribution in [-0.4, -0.2) is 52.0 Å². The molecule has 1 amide bonds. The number of carbonyl (C=O) groups excluding carboxylic acids is 2. The van der Waals surface area contributed by atoms with Crippen LogP contribution in [0, 0.1) is 5.92 Å². The highest BCUT2D eigenvalue weighted by Crippen LogP contribution is 2.19. The van der Waals surface area contributed by atoms with E-state index < -0.39 is 0 Å². The van der Waals surface area contributed by atoms with Gasteiger partial charge in [-0.1, -0.05) is 5.21 Å². The van der Waals surface area contributed by atoms with E-state index in [2.05, 4.69) is 10.3 Å². The topological polar surface area (TPSA) is 77.3 Å². The molecule has 1 aliphatic rings. The summed E-state index contributed by atoms with van der Waals surface area (Å²) in [5.74, 6) is -0.422. The van der Waals surface area contributed by atoms with Crippen molar-refractivity contribution < 1.29 is 14.3 Å². The Morgan fingerprint density at radius 1 is 1.39 bits per heavy atom. The fraction of sp³-hybridized carbons (Fsp3) is 0.636. The largest absolute Gasteiger partial charge is 0.469 e. The first-order valence-corrected chi connectivity index (χ1v) is 5.85. The van der Waals surface area contributed by atoms with E-state index in [4.69, 9.17) is 4.74 Å². The second kappa shape index (κ2) is 5.16. The molecule has 1 aromatic heterocycles. The predicted octanol–water partition coefficient (Wildman–Crippen LogP) is -0.160. The van der Waals surface area contributed by atoms with Crippen LogP contribution in [0.25, 0.3) is 0 Å². The van der Waals surface area contributed by atoms with Crippen LogP contribution in [0.5, 0.6) is 0 Å². The second-order valence-corrected chi connectivity index (χ2v) is 4.37. The summed E-state index contributed by atoms with van der Waals surface area (Å²) < 4.78 is 6.20. The number of rotatable bonds is 2. The Balaban J connectivity index is 1.94. The first kappa shape index (κ1) is 12.5. The van der Waals surface area contributed by atoms with Crippen LogP contribution in [0.3, 0.4) is 0 Å². The third-order valence-corrected chi connectivity index (χ3v) is 3.14. The van der Waals surface area contributed by atoms with Crippen LogP contribution in [-0.2, 0) is 16.6 Å². The number of hydrogen-bond donors (Lipinski definition) is 0. The standard InChI is InChI=1S/C11H16N4O3/c1-14-7-9(12-13-14)10(16)15-5-3-8(4-6-15)11(17)18-2/h7-8H,3-6H2,1-2H3. The van der Waals surface area contributed by atoms with Gasteiger partial charge in [0, 0.05) is 20.1 Å². The molecule has 0 unspecified atom stereocenters. The van der Waals surface area contributed by atoms with Crippen LogP contribution < -0.4 is 0 Å². The van der Waals surface area contributed by atoms with Gasteiger partial charge in [0.1, 0.15) is 0 Å². The molecule has 98 valence electrons. The smallest absolute Gasteiger partial charge is 0.308 e. The normalized spacial score (nSPS) is 16.7. The van der Waals surface area contributed by atoms with Gasteiger partial charge in [-0.15, -0.1) is 5.10 Å². The molecule has 1 saturated heterocycles. The van der Waals surface area contributed by atoms with Crippen molar-refractivity contribution in [1.82, 2.24) is 19.9 Å². The molecular weight excluding hydrogens is 236 g/mol. The maximum Gasteiger partial charge on any atom is 0.308 e. The van der Waals surface area contributed by atoms with Gasteiger partial charge in [0.25, 0.3) is 5.91 Å². The molecule has 7 nitrogen and oxygen atoms in total. The van der Waals surface area contributed by atoms with Gasteiger partial charge in [-0.3, -0.25) is 14.3 Å². The second-order valence-electron chi connectivity index (χ2n) is 4.37. The monoisotopic (exact) mass is 252 g/mol. The number of hydrogen-bond acceptors (Lipinski definition) is 5. The van der Waals surface area contributed by atoms with Crippen LogP contribution in [0.15, 0.2) is 6.20 Å². The highest BCUT2D eigenvalue weighted by molar-refractivity contribution is 5.92. The van der Waals surface area contributed by atoms with Crippen LogP contribution in [0.4, 0.5) is 0 Å². The van der Waals surface area contributed by atoms with E-state index in [0.29, 0.717) is 31.6 Å². The fourth-order valence-electron chi connectivity index (χ4n) is 2.09. The highest BCUT2D eigenvalue weighted by atomic mass is 16.5. The van der Waals surface area contributed by atoms with Crippen molar-refractivity contribution in [2.24, 2.45) is 13.0 Å². The minimum Gasteiger partial charge on any atom is -0.469 e. The number of methoxy groups -OCH3 is 1. The summed E-state index contributed by atoms with van der Waals surface area (Å²) in [6.07, 6.45) is 2.87. The van der Waals surface area contributed by atoms with Gasteiger partial charge >= 0.3 is 5.97 Å². The molecule has 0 bridgehead atoms. The van der Waals surface area contributed by atoms with Crippen molar-refractivity contribution in [2.75, 3.05) is 20.2 Å². The number of ether oxygens (including phenoxy) is 1. The Bertz CT molecular complexity index is 449. The molecule has 0 saturated carbocycles. The first-order valence-electron chi connectivity index (χ1n) is 5.85. The van der Waals surface area contributed by atoms with Crippen molar-refractivity contribution in [3.8, 4) is 0 Å². The van der Waals surface area contributed by atoms with Crippen LogP contribution in [0.1, 0.15) is 23.3 Å². The van der Waals surface area contributed by atoms with Gasteiger partial charge in [-0.25, -0.2) is 0 Å². The summed E-state index contributed by atoms with van der Waals surface area (Å²) in [5, 5.41) is 7.53. The minimum atomic E-state index is -0.193. The summed E-state index contributed by atoms with van der Waals surface area (Å²) in [5.41, 5.74) is 0.342. The zero-order chi connectivity index (χ0) is 13.1. The van der Waals surface area contributed by atoms with Gasteiger partial charge in [0.2, 0.25) is 0 Å². The van der Waals surface area contributed by atoms with Crippen molar-refractivity contribution >= 4 is 11.9 Å². The highest BCUT2D eigenvalue weighted by Gasteiger charge is 2.29. The van der Waals surface area contributed by atoms with Gasteiger partial charge in [0.05, 0.1) is 19.2 Å². The number of piperidine rings is 1. The maximum atomic E-state index is 12.1. The summed E-state index contributed by atoms with van der Waals surface area (Å²) in [6.45, 7) is 1.10. The quantitative estimate of drug-likeness (QED) is 0.683. The molecule has 2 heterocycles. The van der Waals surface area contributed by atoms with E-state index >= 15 is 0 Å². The Hall–Kier alpha value is -1.92. The van der Waals surface area contributed by atoms with E-state index in [-0.39, 0.29) is 17.8 Å². The lowest BCUT2D eigenvalue weighted by atomic mass is 9.97. The summed E-state index contributed by atoms with van der Waals surface area (Å²) in [7, 11) is 3.10. The molecule has 0 aliphatic carbocycles. The van der Waals surface area contributed by atoms with Crippen LogP contribution >= 0.6 is 0 Å². The van der Waals surface area contributed by atoms with Crippen molar-refractivity contribution in [1.29, 1.82) is 0 Å². The molecule has 1 aliphatic heterocycles. The molecular formula is C11H16N4O3. The van der Waals surface area contributed by atoms with Gasteiger partial charge in [-0.05, 0) is 12.8 Å². The minimum absolute atomic E-state index is 0.0964. The molecule has 1 aromatic rings.